The number of hydrogen-bond acceptors (Lipinski definition) is 9. The van der Waals surface area contributed by atoms with Gasteiger partial charge in [-0.3, -0.25) is 14.2 Å². The molecule has 10 nitrogen and oxygen atoms in total. The summed E-state index contributed by atoms with van der Waals surface area (Å²) < 4.78 is 23.8. The lowest BCUT2D eigenvalue weighted by Crippen LogP contribution is -2.40. The van der Waals surface area contributed by atoms with Crippen LogP contribution in [-0.2, 0) is 19.1 Å². The lowest BCUT2D eigenvalue weighted by atomic mass is 9.95. The van der Waals surface area contributed by atoms with Gasteiger partial charge in [-0.25, -0.2) is 9.79 Å². The van der Waals surface area contributed by atoms with E-state index in [1.54, 1.807) is 49.4 Å². The van der Waals surface area contributed by atoms with Crippen LogP contribution in [0.15, 0.2) is 99.9 Å². The number of anilines is 1. The average Bonchev–Trinajstić information content (AvgIpc) is 3.34. The highest BCUT2D eigenvalue weighted by molar-refractivity contribution is 7.07. The number of rotatable bonds is 11. The van der Waals surface area contributed by atoms with Crippen LogP contribution in [0.25, 0.3) is 6.08 Å². The number of carbonyl (C=O) groups excluding carboxylic acids is 2. The second kappa shape index (κ2) is 14.0. The number of benzene rings is 3. The Morgan fingerprint density at radius 1 is 0.955 bits per heavy atom. The molecule has 0 saturated carbocycles. The first-order valence-electron chi connectivity index (χ1n) is 13.8. The molecule has 1 N–H and O–H groups in total. The Balaban J connectivity index is 1.53. The third kappa shape index (κ3) is 6.64. The molecule has 0 spiro atoms. The average molecular weight is 614 g/mol. The fourth-order valence-corrected chi connectivity index (χ4v) is 5.84. The van der Waals surface area contributed by atoms with Crippen molar-refractivity contribution in [2.75, 3.05) is 39.4 Å². The number of ether oxygens (including phenoxy) is 4. The molecule has 226 valence electrons. The van der Waals surface area contributed by atoms with Gasteiger partial charge in [0, 0.05) is 23.9 Å². The van der Waals surface area contributed by atoms with Crippen molar-refractivity contribution >= 4 is 35.0 Å². The van der Waals surface area contributed by atoms with Crippen LogP contribution in [0.2, 0.25) is 0 Å². The molecule has 1 atom stereocenters. The Morgan fingerprint density at radius 2 is 1.66 bits per heavy atom. The summed E-state index contributed by atoms with van der Waals surface area (Å²) in [4.78, 5) is 45.0. The molecule has 0 fully saturated rings. The van der Waals surface area contributed by atoms with E-state index in [4.69, 9.17) is 18.9 Å². The van der Waals surface area contributed by atoms with Gasteiger partial charge in [0.1, 0.15) is 24.1 Å². The summed E-state index contributed by atoms with van der Waals surface area (Å²) in [5, 5.41) is 2.79. The zero-order chi connectivity index (χ0) is 31.1. The van der Waals surface area contributed by atoms with Gasteiger partial charge in [-0.05, 0) is 37.3 Å². The van der Waals surface area contributed by atoms with Crippen molar-refractivity contribution in [3.8, 4) is 11.5 Å². The standard InChI is InChI=1S/C33H31N3O7S/c1-21-29(32(39)42-18-17-40-2)30(24-14-8-10-16-26(24)41-3)36-31(38)27(44-33(36)34-21)19-22-11-7-9-15-25(22)43-20-28(37)35-23-12-5-4-6-13-23/h4-16,19,30H,17-18,20H2,1-3H3,(H,35,37). The highest BCUT2D eigenvalue weighted by Gasteiger charge is 2.35. The normalized spacial score (nSPS) is 14.4. The quantitative estimate of drug-likeness (QED) is 0.203. The molecule has 4 aromatic rings. The van der Waals surface area contributed by atoms with Crippen LogP contribution in [0.1, 0.15) is 24.1 Å². The van der Waals surface area contributed by atoms with E-state index in [0.29, 0.717) is 43.3 Å². The SMILES string of the molecule is COCCOC(=O)C1=C(C)N=c2sc(=Cc3ccccc3OCC(=O)Nc3ccccc3)c(=O)n2C1c1ccccc1OC. The summed E-state index contributed by atoms with van der Waals surface area (Å²) in [7, 11) is 3.05. The number of nitrogens with one attached hydrogen (secondary N) is 1. The summed E-state index contributed by atoms with van der Waals surface area (Å²) in [6, 6.07) is 22.6. The molecule has 2 heterocycles. The maximum absolute atomic E-state index is 14.1. The minimum absolute atomic E-state index is 0.0509. The van der Waals surface area contributed by atoms with Crippen LogP contribution >= 0.6 is 11.3 Å². The first-order valence-corrected chi connectivity index (χ1v) is 14.6. The molecule has 0 saturated heterocycles. The molecule has 0 radical (unpaired) electrons. The second-order valence-electron chi connectivity index (χ2n) is 9.69. The lowest BCUT2D eigenvalue weighted by Gasteiger charge is -2.26. The van der Waals surface area contributed by atoms with Crippen molar-refractivity contribution in [3.05, 3.63) is 121 Å². The Morgan fingerprint density at radius 3 is 2.41 bits per heavy atom. The maximum Gasteiger partial charge on any atom is 0.338 e. The van der Waals surface area contributed by atoms with Gasteiger partial charge in [0.15, 0.2) is 11.4 Å². The molecule has 44 heavy (non-hydrogen) atoms. The van der Waals surface area contributed by atoms with Gasteiger partial charge in [0.25, 0.3) is 11.5 Å². The van der Waals surface area contributed by atoms with Crippen molar-refractivity contribution in [1.29, 1.82) is 0 Å². The van der Waals surface area contributed by atoms with Crippen LogP contribution in [0.4, 0.5) is 5.69 Å². The fourth-order valence-electron chi connectivity index (χ4n) is 4.80. The van der Waals surface area contributed by atoms with Crippen LogP contribution in [0.3, 0.4) is 0 Å². The van der Waals surface area contributed by atoms with E-state index in [0.717, 1.165) is 0 Å². The zero-order valence-electron chi connectivity index (χ0n) is 24.4. The molecule has 11 heteroatoms. The van der Waals surface area contributed by atoms with E-state index in [1.165, 1.54) is 30.1 Å². The van der Waals surface area contributed by atoms with Gasteiger partial charge in [0.2, 0.25) is 0 Å². The molecule has 1 aliphatic rings. The molecular formula is C33H31N3O7S. The van der Waals surface area contributed by atoms with Crippen molar-refractivity contribution in [2.45, 2.75) is 13.0 Å². The van der Waals surface area contributed by atoms with Gasteiger partial charge < -0.3 is 24.3 Å². The van der Waals surface area contributed by atoms with Crippen molar-refractivity contribution in [1.82, 2.24) is 4.57 Å². The van der Waals surface area contributed by atoms with E-state index in [9.17, 15) is 14.4 Å². The molecule has 1 aliphatic heterocycles. The number of allylic oxidation sites excluding steroid dienone is 1. The second-order valence-corrected chi connectivity index (χ2v) is 10.7. The largest absolute Gasteiger partial charge is 0.496 e. The molecule has 3 aromatic carbocycles. The number of carbonyl (C=O) groups is 2. The third-order valence-electron chi connectivity index (χ3n) is 6.82. The van der Waals surface area contributed by atoms with Crippen molar-refractivity contribution < 1.29 is 28.5 Å². The highest BCUT2D eigenvalue weighted by atomic mass is 32.1. The van der Waals surface area contributed by atoms with Crippen LogP contribution < -0.4 is 29.7 Å². The van der Waals surface area contributed by atoms with E-state index in [2.05, 4.69) is 10.3 Å². The molecule has 1 unspecified atom stereocenters. The summed E-state index contributed by atoms with van der Waals surface area (Å²) in [5.41, 5.74) is 2.20. The van der Waals surface area contributed by atoms with Crippen molar-refractivity contribution in [2.24, 2.45) is 4.99 Å². The summed E-state index contributed by atoms with van der Waals surface area (Å²) in [6.45, 7) is 1.78. The third-order valence-corrected chi connectivity index (χ3v) is 7.80. The van der Waals surface area contributed by atoms with E-state index < -0.39 is 12.0 Å². The lowest BCUT2D eigenvalue weighted by molar-refractivity contribution is -0.140. The summed E-state index contributed by atoms with van der Waals surface area (Å²) in [5.74, 6) is 0.0292. The number of thiazole rings is 1. The summed E-state index contributed by atoms with van der Waals surface area (Å²) in [6.07, 6.45) is 1.70. The number of para-hydroxylation sites is 3. The number of aromatic nitrogens is 1. The molecule has 0 bridgehead atoms. The first-order chi connectivity index (χ1) is 21.4. The molecule has 1 aromatic heterocycles. The topological polar surface area (TPSA) is 117 Å². The van der Waals surface area contributed by atoms with Crippen LogP contribution in [-0.4, -0.2) is 50.5 Å². The molecule has 0 aliphatic carbocycles. The van der Waals surface area contributed by atoms with E-state index in [1.807, 2.05) is 42.5 Å². The van der Waals surface area contributed by atoms with Crippen LogP contribution in [0, 0.1) is 0 Å². The minimum Gasteiger partial charge on any atom is -0.496 e. The predicted octanol–water partition coefficient (Wildman–Crippen LogP) is 3.45. The Kier molecular flexibility index (Phi) is 9.68. The van der Waals surface area contributed by atoms with Crippen LogP contribution in [0.5, 0.6) is 11.5 Å². The monoisotopic (exact) mass is 613 g/mol. The number of amides is 1. The number of hydrogen-bond donors (Lipinski definition) is 1. The molecular weight excluding hydrogens is 582 g/mol. The molecule has 5 rings (SSSR count). The Labute approximate surface area is 257 Å². The maximum atomic E-state index is 14.1. The Bertz CT molecular complexity index is 1880. The van der Waals surface area contributed by atoms with Gasteiger partial charge in [-0.1, -0.05) is 65.9 Å². The van der Waals surface area contributed by atoms with E-state index in [-0.39, 0.29) is 36.9 Å². The van der Waals surface area contributed by atoms with Gasteiger partial charge in [0.05, 0.1) is 29.5 Å². The van der Waals surface area contributed by atoms with Gasteiger partial charge in [-0.15, -0.1) is 0 Å². The zero-order valence-corrected chi connectivity index (χ0v) is 25.3. The number of esters is 1. The van der Waals surface area contributed by atoms with Crippen molar-refractivity contribution in [3.63, 3.8) is 0 Å². The predicted molar refractivity (Wildman–Crippen MR) is 167 cm³/mol. The molecule has 1 amide bonds. The smallest absolute Gasteiger partial charge is 0.338 e. The minimum atomic E-state index is -0.840. The number of methoxy groups -OCH3 is 2. The van der Waals surface area contributed by atoms with Gasteiger partial charge in [-0.2, -0.15) is 0 Å². The number of fused-ring (bicyclic) bond motifs is 1. The fraction of sp³-hybridized carbons (Fsp3) is 0.212. The van der Waals surface area contributed by atoms with E-state index >= 15 is 0 Å². The number of nitrogens with zero attached hydrogens (tertiary/aromatic N) is 2. The Hall–Kier alpha value is -5.00. The first kappa shape index (κ1) is 30.5. The summed E-state index contributed by atoms with van der Waals surface area (Å²) >= 11 is 1.19. The highest BCUT2D eigenvalue weighted by Crippen LogP contribution is 2.35. The van der Waals surface area contributed by atoms with Gasteiger partial charge >= 0.3 is 5.97 Å².